The number of fused-ring (bicyclic) bond motifs is 7. The molecule has 3 saturated carbocycles. The molecule has 7 fully saturated rings. The van der Waals surface area contributed by atoms with E-state index in [1.165, 1.54) is 24.8 Å². The normalized spacial score (nSPS) is 54.6. The van der Waals surface area contributed by atoms with E-state index >= 15 is 0 Å². The van der Waals surface area contributed by atoms with Crippen LogP contribution in [0.3, 0.4) is 0 Å². The van der Waals surface area contributed by atoms with Crippen LogP contribution in [0.4, 0.5) is 0 Å². The highest BCUT2D eigenvalue weighted by molar-refractivity contribution is 5.82. The largest absolute Gasteiger partial charge is 0.394 e. The topological polar surface area (TPSA) is 139 Å². The molecule has 0 aromatic rings. The molecule has 0 bridgehead atoms. The van der Waals surface area contributed by atoms with Crippen molar-refractivity contribution in [2.75, 3.05) is 19.8 Å². The lowest BCUT2D eigenvalue weighted by Crippen LogP contribution is -2.66. The highest BCUT2D eigenvalue weighted by Gasteiger charge is 2.68. The molecule has 1 amide bonds. The summed E-state index contributed by atoms with van der Waals surface area (Å²) in [5.74, 6) is 2.96. The molecule has 1 spiro atoms. The summed E-state index contributed by atoms with van der Waals surface area (Å²) in [7, 11) is 0. The maximum absolute atomic E-state index is 13.0. The maximum atomic E-state index is 13.0. The maximum Gasteiger partial charge on any atom is 0.237 e. The van der Waals surface area contributed by atoms with E-state index < -0.39 is 37.3 Å². The Balaban J connectivity index is 0.961. The average Bonchev–Trinajstić information content (AvgIpc) is 3.78. The van der Waals surface area contributed by atoms with Crippen LogP contribution >= 0.6 is 0 Å². The number of amides is 1. The van der Waals surface area contributed by atoms with E-state index in [0.29, 0.717) is 41.6 Å². The van der Waals surface area contributed by atoms with E-state index in [1.807, 2.05) is 0 Å². The van der Waals surface area contributed by atoms with E-state index in [0.717, 1.165) is 64.5 Å². The van der Waals surface area contributed by atoms with Gasteiger partial charge in [-0.3, -0.25) is 4.79 Å². The minimum atomic E-state index is -1.32. The van der Waals surface area contributed by atoms with Gasteiger partial charge >= 0.3 is 0 Å². The van der Waals surface area contributed by atoms with Gasteiger partial charge in [-0.2, -0.15) is 0 Å². The third-order valence-corrected chi connectivity index (χ3v) is 15.2. The summed E-state index contributed by atoms with van der Waals surface area (Å²) in [6.45, 7) is 10.9. The Morgan fingerprint density at radius 3 is 2.65 bits per heavy atom. The van der Waals surface area contributed by atoms with Crippen LogP contribution in [0.5, 0.6) is 0 Å². The second-order valence-corrected chi connectivity index (χ2v) is 17.7. The predicted molar refractivity (Wildman–Crippen MR) is 177 cm³/mol. The predicted octanol–water partition coefficient (Wildman–Crippen LogP) is 3.41. The molecule has 0 radical (unpaired) electrons. The number of hydrogen-bond donors (Lipinski definition) is 5. The lowest BCUT2D eigenvalue weighted by atomic mass is 9.47. The number of carbonyl (C=O) groups is 1. The van der Waals surface area contributed by atoms with Crippen molar-refractivity contribution in [3.63, 3.8) is 0 Å². The first kappa shape index (κ1) is 34.0. The number of allylic oxidation sites excluding steroid dienone is 1. The molecule has 17 atom stereocenters. The van der Waals surface area contributed by atoms with Crippen LogP contribution in [-0.4, -0.2) is 95.7 Å². The highest BCUT2D eigenvalue weighted by atomic mass is 16.7. The Morgan fingerprint density at radius 1 is 1.08 bits per heavy atom. The average molecular weight is 673 g/mol. The van der Waals surface area contributed by atoms with Gasteiger partial charge in [0.2, 0.25) is 5.91 Å². The molecular formula is C38H60N2O8. The van der Waals surface area contributed by atoms with Crippen molar-refractivity contribution < 1.29 is 39.1 Å². The van der Waals surface area contributed by atoms with Crippen molar-refractivity contribution in [1.82, 2.24) is 10.6 Å². The Hall–Kier alpha value is -1.11. The van der Waals surface area contributed by atoms with Crippen molar-refractivity contribution >= 4 is 5.91 Å². The van der Waals surface area contributed by atoms with Gasteiger partial charge in [0.25, 0.3) is 0 Å². The van der Waals surface area contributed by atoms with Crippen LogP contribution in [0.2, 0.25) is 0 Å². The summed E-state index contributed by atoms with van der Waals surface area (Å²) >= 11 is 0. The molecule has 0 aromatic heterocycles. The molecule has 8 rings (SSSR count). The first-order valence-electron chi connectivity index (χ1n) is 19.3. The first-order chi connectivity index (χ1) is 23.0. The summed E-state index contributed by atoms with van der Waals surface area (Å²) in [5, 5.41) is 37.7. The number of rotatable bonds is 5. The number of nitrogens with one attached hydrogen (secondary N) is 2. The number of carbonyl (C=O) groups excluding carboxylic acids is 1. The number of hydrogen-bond acceptors (Lipinski definition) is 9. The standard InChI is InChI=1S/C38H60N2O8/c1-20-9-14-38(45-19-20)21(2)30-28(48-38)17-26-24-8-7-22-16-23(10-12-36(22,3)25(24)11-13-37(26,30)4)46-35-31(33(43)32(42)29(18-41)47-35)40-34(44)27-6-5-15-39-27/h7,20-21,23-33,35,39,41-43H,5-6,8-19H2,1-4H3,(H,40,44)/t20-,21+,23+,24-,25+,26+,27+,28+,29-,30+,31-,32-,33-,35-,36+,37+,38-/m1/s1. The van der Waals surface area contributed by atoms with Crippen molar-refractivity contribution in [3.05, 3.63) is 11.6 Å². The Labute approximate surface area is 286 Å². The molecule has 48 heavy (non-hydrogen) atoms. The van der Waals surface area contributed by atoms with Crippen LogP contribution in [0, 0.1) is 46.3 Å². The Morgan fingerprint density at radius 2 is 1.92 bits per heavy atom. The van der Waals surface area contributed by atoms with Crippen LogP contribution in [0.15, 0.2) is 11.6 Å². The van der Waals surface area contributed by atoms with Crippen molar-refractivity contribution in [2.24, 2.45) is 46.3 Å². The van der Waals surface area contributed by atoms with Crippen molar-refractivity contribution in [1.29, 1.82) is 0 Å². The molecule has 10 nitrogen and oxygen atoms in total. The summed E-state index contributed by atoms with van der Waals surface area (Å²) in [5.41, 5.74) is 1.88. The van der Waals surface area contributed by atoms with Gasteiger partial charge in [0.1, 0.15) is 24.4 Å². The molecular weight excluding hydrogens is 612 g/mol. The third kappa shape index (κ3) is 5.29. The lowest BCUT2D eigenvalue weighted by Gasteiger charge is -2.58. The van der Waals surface area contributed by atoms with Gasteiger partial charge in [-0.05, 0) is 111 Å². The molecule has 4 heterocycles. The van der Waals surface area contributed by atoms with E-state index in [1.54, 1.807) is 0 Å². The van der Waals surface area contributed by atoms with Gasteiger partial charge in [0.05, 0.1) is 31.5 Å². The minimum Gasteiger partial charge on any atom is -0.394 e. The second kappa shape index (κ2) is 12.5. The molecule has 0 unspecified atom stereocenters. The molecule has 4 saturated heterocycles. The Bertz CT molecular complexity index is 1250. The highest BCUT2D eigenvalue weighted by Crippen LogP contribution is 2.70. The molecule has 4 aliphatic carbocycles. The van der Waals surface area contributed by atoms with Gasteiger partial charge in [0, 0.05) is 12.3 Å². The second-order valence-electron chi connectivity index (χ2n) is 17.7. The van der Waals surface area contributed by atoms with E-state index in [-0.39, 0.29) is 34.7 Å². The fourth-order valence-corrected chi connectivity index (χ4v) is 12.5. The molecule has 8 aliphatic rings. The fraction of sp³-hybridized carbons (Fsp3) is 0.921. The van der Waals surface area contributed by atoms with Crippen LogP contribution in [0.25, 0.3) is 0 Å². The van der Waals surface area contributed by atoms with Crippen LogP contribution in [0.1, 0.15) is 98.3 Å². The summed E-state index contributed by atoms with van der Waals surface area (Å²) in [4.78, 5) is 13.0. The van der Waals surface area contributed by atoms with E-state index in [9.17, 15) is 20.1 Å². The van der Waals surface area contributed by atoms with Crippen LogP contribution < -0.4 is 10.6 Å². The SMILES string of the molecule is C[C@@H]1CC[C@@]2(OC1)O[C@H]1C[C@H]3[C@@H]4CC=C5C[C@@H](O[C@@H]6O[C@H](CO)[C@@H](O)[C@H](O)[C@H]6NC(=O)[C@@H]6CCCN6)CC[C@]5(C)[C@H]4CC[C@]3(C)[C@H]1[C@@H]2C. The van der Waals surface area contributed by atoms with Gasteiger partial charge in [-0.25, -0.2) is 0 Å². The fourth-order valence-electron chi connectivity index (χ4n) is 12.5. The number of ether oxygens (including phenoxy) is 4. The zero-order valence-corrected chi connectivity index (χ0v) is 29.4. The number of aliphatic hydroxyl groups is 3. The Kier molecular flexibility index (Phi) is 8.88. The molecule has 5 N–H and O–H groups in total. The first-order valence-corrected chi connectivity index (χ1v) is 19.3. The quantitative estimate of drug-likeness (QED) is 0.278. The van der Waals surface area contributed by atoms with Gasteiger partial charge in [-0.1, -0.05) is 39.3 Å². The zero-order valence-electron chi connectivity index (χ0n) is 29.4. The molecule has 10 heteroatoms. The van der Waals surface area contributed by atoms with E-state index in [2.05, 4.69) is 44.4 Å². The zero-order chi connectivity index (χ0) is 33.6. The van der Waals surface area contributed by atoms with E-state index in [4.69, 9.17) is 18.9 Å². The van der Waals surface area contributed by atoms with Crippen molar-refractivity contribution in [2.45, 2.75) is 153 Å². The van der Waals surface area contributed by atoms with Crippen LogP contribution in [-0.2, 0) is 23.7 Å². The summed E-state index contributed by atoms with van der Waals surface area (Å²) in [6, 6.07) is -1.27. The lowest BCUT2D eigenvalue weighted by molar-refractivity contribution is -0.284. The molecule has 4 aliphatic heterocycles. The third-order valence-electron chi connectivity index (χ3n) is 15.2. The van der Waals surface area contributed by atoms with Crippen molar-refractivity contribution in [3.8, 4) is 0 Å². The summed E-state index contributed by atoms with van der Waals surface area (Å²) < 4.78 is 26.1. The smallest absolute Gasteiger partial charge is 0.237 e. The monoisotopic (exact) mass is 672 g/mol. The minimum absolute atomic E-state index is 0.122. The number of aliphatic hydroxyl groups excluding tert-OH is 3. The summed E-state index contributed by atoms with van der Waals surface area (Å²) in [6.07, 6.45) is 9.37. The van der Waals surface area contributed by atoms with Gasteiger partial charge < -0.3 is 44.9 Å². The van der Waals surface area contributed by atoms with Gasteiger partial charge in [0.15, 0.2) is 12.1 Å². The van der Waals surface area contributed by atoms with Gasteiger partial charge in [-0.15, -0.1) is 0 Å². The molecule has 270 valence electrons. The molecule has 0 aromatic carbocycles.